The zero-order valence-corrected chi connectivity index (χ0v) is 16.5. The summed E-state index contributed by atoms with van der Waals surface area (Å²) in [6, 6.07) is 11.6. The van der Waals surface area contributed by atoms with E-state index >= 15 is 0 Å². The van der Waals surface area contributed by atoms with Gasteiger partial charge in [0.1, 0.15) is 0 Å². The molecule has 2 heterocycles. The summed E-state index contributed by atoms with van der Waals surface area (Å²) in [5.74, 6) is 0.953. The Kier molecular flexibility index (Phi) is 6.74. The molecular weight excluding hydrogens is 324 g/mol. The van der Waals surface area contributed by atoms with Crippen LogP contribution >= 0.6 is 0 Å². The van der Waals surface area contributed by atoms with Crippen molar-refractivity contribution >= 4 is 11.6 Å². The number of nitrogens with one attached hydrogen (secondary N) is 2. The first-order valence-corrected chi connectivity index (χ1v) is 9.89. The molecular formula is C20H34N6. The van der Waals surface area contributed by atoms with Crippen molar-refractivity contribution in [3.8, 4) is 0 Å². The van der Waals surface area contributed by atoms with E-state index in [0.29, 0.717) is 12.1 Å². The summed E-state index contributed by atoms with van der Waals surface area (Å²) in [5, 5.41) is 7.07. The molecule has 1 aromatic carbocycles. The second kappa shape index (κ2) is 9.24. The van der Waals surface area contributed by atoms with Gasteiger partial charge in [-0.2, -0.15) is 0 Å². The first kappa shape index (κ1) is 19.0. The van der Waals surface area contributed by atoms with Crippen molar-refractivity contribution in [2.24, 2.45) is 4.99 Å². The molecule has 0 amide bonds. The van der Waals surface area contributed by atoms with Crippen LogP contribution in [0.5, 0.6) is 0 Å². The van der Waals surface area contributed by atoms with Crippen molar-refractivity contribution < 1.29 is 0 Å². The Bertz CT molecular complexity index is 575. The van der Waals surface area contributed by atoms with Crippen LogP contribution in [0.25, 0.3) is 0 Å². The van der Waals surface area contributed by atoms with Crippen LogP contribution < -0.4 is 15.5 Å². The Labute approximate surface area is 158 Å². The number of rotatable bonds is 5. The summed E-state index contributed by atoms with van der Waals surface area (Å²) in [5.41, 5.74) is 1.31. The van der Waals surface area contributed by atoms with Crippen LogP contribution in [0.4, 0.5) is 5.69 Å². The smallest absolute Gasteiger partial charge is 0.191 e. The van der Waals surface area contributed by atoms with Gasteiger partial charge in [-0.05, 0) is 39.6 Å². The molecule has 0 aromatic heterocycles. The maximum Gasteiger partial charge on any atom is 0.191 e. The van der Waals surface area contributed by atoms with E-state index in [1.807, 2.05) is 0 Å². The van der Waals surface area contributed by atoms with E-state index in [0.717, 1.165) is 58.2 Å². The molecule has 0 aliphatic carbocycles. The van der Waals surface area contributed by atoms with Crippen LogP contribution in [0, 0.1) is 0 Å². The van der Waals surface area contributed by atoms with Gasteiger partial charge in [-0.1, -0.05) is 18.2 Å². The first-order chi connectivity index (χ1) is 12.7. The van der Waals surface area contributed by atoms with E-state index in [4.69, 9.17) is 4.99 Å². The molecule has 6 nitrogen and oxygen atoms in total. The molecule has 2 saturated heterocycles. The monoisotopic (exact) mass is 358 g/mol. The van der Waals surface area contributed by atoms with E-state index in [1.165, 1.54) is 5.69 Å². The molecule has 2 aliphatic rings. The summed E-state index contributed by atoms with van der Waals surface area (Å²) in [6.45, 7) is 9.33. The quantitative estimate of drug-likeness (QED) is 0.609. The molecule has 0 bridgehead atoms. The standard InChI is InChI=1S/C20H34N6/c1-4-21-20(22-14-19-16-24(2)12-13-25(19)3)23-17-10-11-26(15-17)18-8-6-5-7-9-18/h5-9,17,19H,4,10-16H2,1-3H3,(H2,21,22,23). The minimum atomic E-state index is 0.444. The Hall–Kier alpha value is -1.79. The molecule has 2 atom stereocenters. The Morgan fingerprint density at radius 1 is 1.12 bits per heavy atom. The number of benzene rings is 1. The second-order valence-electron chi connectivity index (χ2n) is 7.53. The van der Waals surface area contributed by atoms with Gasteiger partial charge in [-0.3, -0.25) is 9.89 Å². The molecule has 2 fully saturated rings. The summed E-state index contributed by atoms with van der Waals surface area (Å²) in [6.07, 6.45) is 1.14. The third-order valence-corrected chi connectivity index (χ3v) is 5.44. The third kappa shape index (κ3) is 5.11. The lowest BCUT2D eigenvalue weighted by Crippen LogP contribution is -2.52. The van der Waals surface area contributed by atoms with Crippen LogP contribution in [-0.4, -0.2) is 87.8 Å². The summed E-state index contributed by atoms with van der Waals surface area (Å²) >= 11 is 0. The highest BCUT2D eigenvalue weighted by Gasteiger charge is 2.24. The van der Waals surface area contributed by atoms with Gasteiger partial charge in [-0.25, -0.2) is 0 Å². The number of hydrogen-bond acceptors (Lipinski definition) is 4. The average Bonchev–Trinajstić information content (AvgIpc) is 3.12. The number of nitrogens with zero attached hydrogens (tertiary/aromatic N) is 4. The van der Waals surface area contributed by atoms with Gasteiger partial charge in [0.05, 0.1) is 6.54 Å². The summed E-state index contributed by atoms with van der Waals surface area (Å²) < 4.78 is 0. The van der Waals surface area contributed by atoms with Crippen LogP contribution in [0.3, 0.4) is 0 Å². The number of hydrogen-bond donors (Lipinski definition) is 2. The van der Waals surface area contributed by atoms with E-state index in [9.17, 15) is 0 Å². The highest BCUT2D eigenvalue weighted by molar-refractivity contribution is 5.80. The van der Waals surface area contributed by atoms with Gasteiger partial charge in [0, 0.05) is 57.0 Å². The van der Waals surface area contributed by atoms with Crippen molar-refractivity contribution in [2.75, 3.05) is 64.8 Å². The van der Waals surface area contributed by atoms with Crippen molar-refractivity contribution in [2.45, 2.75) is 25.4 Å². The SMILES string of the molecule is CCNC(=NCC1CN(C)CCN1C)NC1CCN(c2ccccc2)C1. The Morgan fingerprint density at radius 3 is 2.69 bits per heavy atom. The van der Waals surface area contributed by atoms with Crippen molar-refractivity contribution in [3.63, 3.8) is 0 Å². The topological polar surface area (TPSA) is 46.1 Å². The van der Waals surface area contributed by atoms with Crippen molar-refractivity contribution in [3.05, 3.63) is 30.3 Å². The molecule has 26 heavy (non-hydrogen) atoms. The predicted molar refractivity (Wildman–Crippen MR) is 110 cm³/mol. The zero-order chi connectivity index (χ0) is 18.4. The van der Waals surface area contributed by atoms with Crippen LogP contribution in [-0.2, 0) is 0 Å². The van der Waals surface area contributed by atoms with Crippen LogP contribution in [0.15, 0.2) is 35.3 Å². The van der Waals surface area contributed by atoms with Crippen molar-refractivity contribution in [1.82, 2.24) is 20.4 Å². The highest BCUT2D eigenvalue weighted by Crippen LogP contribution is 2.19. The molecule has 0 radical (unpaired) electrons. The fraction of sp³-hybridized carbons (Fsp3) is 0.650. The Morgan fingerprint density at radius 2 is 1.92 bits per heavy atom. The van der Waals surface area contributed by atoms with Gasteiger partial charge in [0.2, 0.25) is 0 Å². The number of piperazine rings is 1. The maximum atomic E-state index is 4.89. The normalized spacial score (nSPS) is 25.5. The van der Waals surface area contributed by atoms with E-state index in [2.05, 4.69) is 76.7 Å². The Balaban J connectivity index is 1.55. The maximum absolute atomic E-state index is 4.89. The molecule has 0 saturated carbocycles. The van der Waals surface area contributed by atoms with E-state index in [-0.39, 0.29) is 0 Å². The largest absolute Gasteiger partial charge is 0.369 e. The van der Waals surface area contributed by atoms with E-state index < -0.39 is 0 Å². The predicted octanol–water partition coefficient (Wildman–Crippen LogP) is 1.07. The number of anilines is 1. The lowest BCUT2D eigenvalue weighted by Gasteiger charge is -2.37. The van der Waals surface area contributed by atoms with E-state index in [1.54, 1.807) is 0 Å². The van der Waals surface area contributed by atoms with Gasteiger partial charge in [0.15, 0.2) is 5.96 Å². The average molecular weight is 359 g/mol. The number of guanidine groups is 1. The third-order valence-electron chi connectivity index (χ3n) is 5.44. The van der Waals surface area contributed by atoms with Crippen molar-refractivity contribution in [1.29, 1.82) is 0 Å². The van der Waals surface area contributed by atoms with Crippen LogP contribution in [0.2, 0.25) is 0 Å². The van der Waals surface area contributed by atoms with Crippen LogP contribution in [0.1, 0.15) is 13.3 Å². The van der Waals surface area contributed by atoms with Gasteiger partial charge in [-0.15, -0.1) is 0 Å². The molecule has 6 heteroatoms. The number of aliphatic imine (C=N–C) groups is 1. The van der Waals surface area contributed by atoms with Gasteiger partial charge >= 0.3 is 0 Å². The number of likely N-dealkylation sites (N-methyl/N-ethyl adjacent to an activating group) is 2. The molecule has 1 aromatic rings. The molecule has 144 valence electrons. The molecule has 2 unspecified atom stereocenters. The summed E-state index contributed by atoms with van der Waals surface area (Å²) in [7, 11) is 4.41. The highest BCUT2D eigenvalue weighted by atomic mass is 15.3. The fourth-order valence-corrected chi connectivity index (χ4v) is 3.76. The minimum Gasteiger partial charge on any atom is -0.369 e. The molecule has 2 N–H and O–H groups in total. The van der Waals surface area contributed by atoms with Gasteiger partial charge < -0.3 is 20.4 Å². The zero-order valence-electron chi connectivity index (χ0n) is 16.5. The number of para-hydroxylation sites is 1. The fourth-order valence-electron chi connectivity index (χ4n) is 3.76. The minimum absolute atomic E-state index is 0.444. The molecule has 0 spiro atoms. The lowest BCUT2D eigenvalue weighted by atomic mass is 10.2. The molecule has 2 aliphatic heterocycles. The molecule has 3 rings (SSSR count). The lowest BCUT2D eigenvalue weighted by molar-refractivity contribution is 0.119. The first-order valence-electron chi connectivity index (χ1n) is 9.89. The summed E-state index contributed by atoms with van der Waals surface area (Å²) in [4.78, 5) is 12.2. The van der Waals surface area contributed by atoms with Gasteiger partial charge in [0.25, 0.3) is 0 Å². The second-order valence-corrected chi connectivity index (χ2v) is 7.53.